The van der Waals surface area contributed by atoms with Gasteiger partial charge in [-0.3, -0.25) is 0 Å². The van der Waals surface area contributed by atoms with Crippen LogP contribution in [0.1, 0.15) is 11.1 Å². The Hall–Kier alpha value is -2.62. The van der Waals surface area contributed by atoms with E-state index in [4.69, 9.17) is 10.5 Å². The van der Waals surface area contributed by atoms with Crippen molar-refractivity contribution in [1.29, 1.82) is 0 Å². The molecule has 3 aromatic rings. The predicted molar refractivity (Wildman–Crippen MR) is 108 cm³/mol. The van der Waals surface area contributed by atoms with Gasteiger partial charge in [-0.2, -0.15) is 0 Å². The normalized spacial score (nSPS) is 11.9. The van der Waals surface area contributed by atoms with Crippen molar-refractivity contribution in [2.75, 3.05) is 13.7 Å². The first kappa shape index (κ1) is 18.2. The number of ether oxygens (including phenoxy) is 1. The number of benzene rings is 3. The molecule has 0 aliphatic rings. The van der Waals surface area contributed by atoms with Crippen LogP contribution in [-0.2, 0) is 13.0 Å². The Kier molecular flexibility index (Phi) is 6.42. The zero-order valence-electron chi connectivity index (χ0n) is 15.2. The minimum Gasteiger partial charge on any atom is -0.497 e. The Balaban J connectivity index is 1.59. The molecule has 26 heavy (non-hydrogen) atoms. The number of rotatable bonds is 8. The maximum absolute atomic E-state index is 5.97. The van der Waals surface area contributed by atoms with Crippen LogP contribution in [0.15, 0.2) is 78.9 Å². The summed E-state index contributed by atoms with van der Waals surface area (Å²) >= 11 is 0. The molecule has 0 amide bonds. The van der Waals surface area contributed by atoms with Gasteiger partial charge < -0.3 is 15.8 Å². The quantitative estimate of drug-likeness (QED) is 0.647. The summed E-state index contributed by atoms with van der Waals surface area (Å²) in [5.41, 5.74) is 10.9. The first-order chi connectivity index (χ1) is 12.8. The van der Waals surface area contributed by atoms with Gasteiger partial charge in [0.05, 0.1) is 7.11 Å². The second-order valence-corrected chi connectivity index (χ2v) is 6.43. The van der Waals surface area contributed by atoms with Gasteiger partial charge in [0, 0.05) is 19.1 Å². The van der Waals surface area contributed by atoms with Gasteiger partial charge >= 0.3 is 0 Å². The zero-order chi connectivity index (χ0) is 18.2. The van der Waals surface area contributed by atoms with Crippen molar-refractivity contribution in [1.82, 2.24) is 5.32 Å². The summed E-state index contributed by atoms with van der Waals surface area (Å²) in [5.74, 6) is 0.880. The van der Waals surface area contributed by atoms with E-state index in [0.29, 0.717) is 6.54 Å². The molecule has 1 unspecified atom stereocenters. The van der Waals surface area contributed by atoms with E-state index in [9.17, 15) is 0 Å². The molecule has 0 aromatic heterocycles. The molecule has 0 spiro atoms. The lowest BCUT2D eigenvalue weighted by Crippen LogP contribution is -2.37. The lowest BCUT2D eigenvalue weighted by molar-refractivity contribution is 0.413. The lowest BCUT2D eigenvalue weighted by atomic mass is 10.0. The molecule has 0 bridgehead atoms. The third-order valence-electron chi connectivity index (χ3n) is 4.56. The molecule has 0 fully saturated rings. The van der Waals surface area contributed by atoms with Gasteiger partial charge in [-0.15, -0.1) is 0 Å². The fraction of sp³-hybridized carbons (Fsp3) is 0.217. The topological polar surface area (TPSA) is 47.3 Å². The molecule has 0 radical (unpaired) electrons. The highest BCUT2D eigenvalue weighted by Gasteiger charge is 2.08. The molecule has 0 aliphatic heterocycles. The van der Waals surface area contributed by atoms with Gasteiger partial charge in [-0.05, 0) is 40.8 Å². The van der Waals surface area contributed by atoms with Crippen molar-refractivity contribution in [2.45, 2.75) is 19.0 Å². The number of methoxy groups -OCH3 is 1. The van der Waals surface area contributed by atoms with Crippen LogP contribution in [0.4, 0.5) is 0 Å². The Morgan fingerprint density at radius 1 is 0.846 bits per heavy atom. The number of hydrogen-bond acceptors (Lipinski definition) is 3. The van der Waals surface area contributed by atoms with Crippen LogP contribution in [0.2, 0.25) is 0 Å². The largest absolute Gasteiger partial charge is 0.497 e. The Bertz CT molecular complexity index is 800. The van der Waals surface area contributed by atoms with E-state index in [1.807, 2.05) is 18.2 Å². The monoisotopic (exact) mass is 346 g/mol. The summed E-state index contributed by atoms with van der Waals surface area (Å²) in [6, 6.07) is 27.5. The van der Waals surface area contributed by atoms with E-state index in [0.717, 1.165) is 18.7 Å². The zero-order valence-corrected chi connectivity index (χ0v) is 15.2. The van der Waals surface area contributed by atoms with Gasteiger partial charge in [-0.25, -0.2) is 0 Å². The maximum atomic E-state index is 5.97. The minimum absolute atomic E-state index is 0.240. The highest BCUT2D eigenvalue weighted by Crippen LogP contribution is 2.20. The number of nitrogens with two attached hydrogens (primary N) is 1. The van der Waals surface area contributed by atoms with E-state index >= 15 is 0 Å². The maximum Gasteiger partial charge on any atom is 0.119 e. The fourth-order valence-electron chi connectivity index (χ4n) is 3.03. The molecule has 3 nitrogen and oxygen atoms in total. The third kappa shape index (κ3) is 4.94. The molecule has 3 rings (SSSR count). The van der Waals surface area contributed by atoms with Crippen LogP contribution in [0.3, 0.4) is 0 Å². The number of nitrogens with one attached hydrogen (secondary N) is 1. The molecule has 1 atom stereocenters. The fourth-order valence-corrected chi connectivity index (χ4v) is 3.03. The molecule has 3 heteroatoms. The molecule has 0 heterocycles. The van der Waals surface area contributed by atoms with Crippen LogP contribution in [0, 0.1) is 0 Å². The van der Waals surface area contributed by atoms with Crippen molar-refractivity contribution >= 4 is 0 Å². The van der Waals surface area contributed by atoms with Gasteiger partial charge in [0.2, 0.25) is 0 Å². The highest BCUT2D eigenvalue weighted by molar-refractivity contribution is 5.63. The van der Waals surface area contributed by atoms with Gasteiger partial charge in [0.25, 0.3) is 0 Å². The van der Waals surface area contributed by atoms with Crippen molar-refractivity contribution in [3.63, 3.8) is 0 Å². The summed E-state index contributed by atoms with van der Waals surface area (Å²) in [4.78, 5) is 0. The second kappa shape index (κ2) is 9.18. The lowest BCUT2D eigenvalue weighted by Gasteiger charge is -2.17. The number of hydrogen-bond donors (Lipinski definition) is 2. The first-order valence-corrected chi connectivity index (χ1v) is 8.99. The van der Waals surface area contributed by atoms with E-state index < -0.39 is 0 Å². The Morgan fingerprint density at radius 2 is 1.58 bits per heavy atom. The smallest absolute Gasteiger partial charge is 0.119 e. The SMILES string of the molecule is COc1cccc(CNC(CN)Cc2ccc(-c3ccccc3)cc2)c1. The standard InChI is InChI=1S/C23H26N2O/c1-26-23-9-5-6-19(15-23)17-25-22(16-24)14-18-10-12-21(13-11-18)20-7-3-2-4-8-20/h2-13,15,22,25H,14,16-17,24H2,1H3. The molecular weight excluding hydrogens is 320 g/mol. The van der Waals surface area contributed by atoms with Crippen molar-refractivity contribution in [2.24, 2.45) is 5.73 Å². The summed E-state index contributed by atoms with van der Waals surface area (Å²) in [7, 11) is 1.69. The van der Waals surface area contributed by atoms with E-state index in [1.165, 1.54) is 22.3 Å². The van der Waals surface area contributed by atoms with Crippen molar-refractivity contribution in [3.05, 3.63) is 90.0 Å². The molecule has 3 aromatic carbocycles. The van der Waals surface area contributed by atoms with Crippen LogP contribution >= 0.6 is 0 Å². The average molecular weight is 346 g/mol. The minimum atomic E-state index is 0.240. The van der Waals surface area contributed by atoms with Gasteiger partial charge in [-0.1, -0.05) is 66.7 Å². The molecule has 0 saturated heterocycles. The van der Waals surface area contributed by atoms with Crippen molar-refractivity contribution < 1.29 is 4.74 Å². The van der Waals surface area contributed by atoms with Crippen molar-refractivity contribution in [3.8, 4) is 16.9 Å². The highest BCUT2D eigenvalue weighted by atomic mass is 16.5. The summed E-state index contributed by atoms with van der Waals surface area (Å²) < 4.78 is 5.28. The Morgan fingerprint density at radius 3 is 2.27 bits per heavy atom. The second-order valence-electron chi connectivity index (χ2n) is 6.43. The molecule has 3 N–H and O–H groups in total. The van der Waals surface area contributed by atoms with Crippen LogP contribution < -0.4 is 15.8 Å². The third-order valence-corrected chi connectivity index (χ3v) is 4.56. The molecule has 0 aliphatic carbocycles. The molecular formula is C23H26N2O. The van der Waals surface area contributed by atoms with Crippen LogP contribution in [0.25, 0.3) is 11.1 Å². The molecule has 0 saturated carbocycles. The van der Waals surface area contributed by atoms with Gasteiger partial charge in [0.1, 0.15) is 5.75 Å². The van der Waals surface area contributed by atoms with E-state index in [2.05, 4.69) is 66.0 Å². The van der Waals surface area contributed by atoms with Crippen LogP contribution in [-0.4, -0.2) is 19.7 Å². The van der Waals surface area contributed by atoms with Crippen LogP contribution in [0.5, 0.6) is 5.75 Å². The predicted octanol–water partition coefficient (Wildman–Crippen LogP) is 4.02. The van der Waals surface area contributed by atoms with E-state index in [1.54, 1.807) is 7.11 Å². The first-order valence-electron chi connectivity index (χ1n) is 8.99. The average Bonchev–Trinajstić information content (AvgIpc) is 2.72. The molecule has 134 valence electrons. The van der Waals surface area contributed by atoms with Gasteiger partial charge in [0.15, 0.2) is 0 Å². The summed E-state index contributed by atoms with van der Waals surface area (Å²) in [6.45, 7) is 1.38. The Labute approximate surface area is 155 Å². The summed E-state index contributed by atoms with van der Waals surface area (Å²) in [6.07, 6.45) is 0.912. The van der Waals surface area contributed by atoms with E-state index in [-0.39, 0.29) is 6.04 Å². The summed E-state index contributed by atoms with van der Waals surface area (Å²) in [5, 5.41) is 3.55.